The first-order valence-corrected chi connectivity index (χ1v) is 6.45. The largest absolute Gasteiger partial charge is 0.423 e. The van der Waals surface area contributed by atoms with Crippen LogP contribution in [-0.4, -0.2) is 5.97 Å². The van der Waals surface area contributed by atoms with Crippen molar-refractivity contribution >= 4 is 5.97 Å². The van der Waals surface area contributed by atoms with Gasteiger partial charge in [-0.05, 0) is 42.7 Å². The molecule has 2 nitrogen and oxygen atoms in total. The van der Waals surface area contributed by atoms with E-state index in [0.29, 0.717) is 17.2 Å². The molecule has 2 aromatic rings. The average Bonchev–Trinajstić information content (AvgIpc) is 2.40. The minimum Gasteiger partial charge on any atom is -0.423 e. The molecule has 2 rings (SSSR count). The van der Waals surface area contributed by atoms with Gasteiger partial charge in [0.05, 0.1) is 5.56 Å². The molecule has 0 unspecified atom stereocenters. The van der Waals surface area contributed by atoms with Crippen molar-refractivity contribution in [1.82, 2.24) is 0 Å². The van der Waals surface area contributed by atoms with Gasteiger partial charge in [-0.1, -0.05) is 43.7 Å². The Morgan fingerprint density at radius 3 is 2.05 bits per heavy atom. The number of hydrogen-bond donors (Lipinski definition) is 0. The molecule has 0 amide bonds. The second-order valence-corrected chi connectivity index (χ2v) is 4.98. The van der Waals surface area contributed by atoms with Crippen LogP contribution in [0.3, 0.4) is 0 Å². The van der Waals surface area contributed by atoms with Crippen molar-refractivity contribution in [2.24, 2.45) is 0 Å². The Hall–Kier alpha value is -2.09. The monoisotopic (exact) mass is 254 g/mol. The molecular weight excluding hydrogens is 236 g/mol. The van der Waals surface area contributed by atoms with Crippen LogP contribution in [0.25, 0.3) is 0 Å². The Morgan fingerprint density at radius 1 is 0.947 bits per heavy atom. The lowest BCUT2D eigenvalue weighted by Crippen LogP contribution is -2.08. The van der Waals surface area contributed by atoms with Gasteiger partial charge in [-0.2, -0.15) is 0 Å². The molecule has 19 heavy (non-hydrogen) atoms. The summed E-state index contributed by atoms with van der Waals surface area (Å²) in [4.78, 5) is 11.9. The minimum absolute atomic E-state index is 0.322. The predicted molar refractivity (Wildman–Crippen MR) is 76.7 cm³/mol. The lowest BCUT2D eigenvalue weighted by molar-refractivity contribution is 0.0735. The van der Waals surface area contributed by atoms with Gasteiger partial charge in [0.15, 0.2) is 0 Å². The van der Waals surface area contributed by atoms with Crippen LogP contribution in [0.5, 0.6) is 5.75 Å². The number of esters is 1. The number of carbonyl (C=O) groups is 1. The molecular formula is C17H18O2. The summed E-state index contributed by atoms with van der Waals surface area (Å²) in [5.41, 5.74) is 2.92. The van der Waals surface area contributed by atoms with Crippen LogP contribution in [0.4, 0.5) is 0 Å². The van der Waals surface area contributed by atoms with E-state index in [4.69, 9.17) is 4.74 Å². The molecule has 0 bridgehead atoms. The molecule has 0 aliphatic heterocycles. The van der Waals surface area contributed by atoms with E-state index < -0.39 is 0 Å². The summed E-state index contributed by atoms with van der Waals surface area (Å²) >= 11 is 0. The van der Waals surface area contributed by atoms with Gasteiger partial charge < -0.3 is 4.74 Å². The maximum absolute atomic E-state index is 11.9. The molecule has 0 aromatic heterocycles. The highest BCUT2D eigenvalue weighted by molar-refractivity contribution is 5.91. The maximum atomic E-state index is 11.9. The molecule has 0 heterocycles. The SMILES string of the molecule is Cc1ccc(C(=O)Oc2ccc(C(C)C)cc2)cc1. The van der Waals surface area contributed by atoms with E-state index in [1.54, 1.807) is 12.1 Å². The van der Waals surface area contributed by atoms with Gasteiger partial charge in [0.2, 0.25) is 0 Å². The zero-order chi connectivity index (χ0) is 13.8. The highest BCUT2D eigenvalue weighted by Gasteiger charge is 2.08. The second-order valence-electron chi connectivity index (χ2n) is 4.98. The molecule has 0 fully saturated rings. The van der Waals surface area contributed by atoms with Crippen LogP contribution in [-0.2, 0) is 0 Å². The van der Waals surface area contributed by atoms with Gasteiger partial charge >= 0.3 is 5.97 Å². The zero-order valence-electron chi connectivity index (χ0n) is 11.5. The molecule has 98 valence electrons. The third-order valence-electron chi connectivity index (χ3n) is 3.04. The second kappa shape index (κ2) is 5.70. The quantitative estimate of drug-likeness (QED) is 0.601. The van der Waals surface area contributed by atoms with Crippen LogP contribution < -0.4 is 4.74 Å². The highest BCUT2D eigenvalue weighted by Crippen LogP contribution is 2.19. The fraction of sp³-hybridized carbons (Fsp3) is 0.235. The summed E-state index contributed by atoms with van der Waals surface area (Å²) in [6.45, 7) is 6.25. The molecule has 0 radical (unpaired) electrons. The van der Waals surface area contributed by atoms with Crippen molar-refractivity contribution in [3.8, 4) is 5.75 Å². The number of rotatable bonds is 3. The highest BCUT2D eigenvalue weighted by atomic mass is 16.5. The van der Waals surface area contributed by atoms with E-state index in [9.17, 15) is 4.79 Å². The van der Waals surface area contributed by atoms with Crippen molar-refractivity contribution in [2.75, 3.05) is 0 Å². The predicted octanol–water partition coefficient (Wildman–Crippen LogP) is 4.34. The lowest BCUT2D eigenvalue weighted by atomic mass is 10.0. The van der Waals surface area contributed by atoms with Crippen LogP contribution in [0.15, 0.2) is 48.5 Å². The van der Waals surface area contributed by atoms with Crippen molar-refractivity contribution in [2.45, 2.75) is 26.7 Å². The van der Waals surface area contributed by atoms with Crippen LogP contribution in [0, 0.1) is 6.92 Å². The Morgan fingerprint density at radius 2 is 1.53 bits per heavy atom. The van der Waals surface area contributed by atoms with Crippen molar-refractivity contribution in [3.63, 3.8) is 0 Å². The van der Waals surface area contributed by atoms with Crippen molar-refractivity contribution in [3.05, 3.63) is 65.2 Å². The first-order valence-electron chi connectivity index (χ1n) is 6.45. The summed E-state index contributed by atoms with van der Waals surface area (Å²) in [5.74, 6) is 0.731. The molecule has 0 N–H and O–H groups in total. The van der Waals surface area contributed by atoms with E-state index in [0.717, 1.165) is 5.56 Å². The zero-order valence-corrected chi connectivity index (χ0v) is 11.5. The molecule has 0 saturated heterocycles. The minimum atomic E-state index is -0.322. The summed E-state index contributed by atoms with van der Waals surface area (Å²) < 4.78 is 5.34. The molecule has 0 aliphatic rings. The molecule has 0 aliphatic carbocycles. The van der Waals surface area contributed by atoms with Crippen molar-refractivity contribution < 1.29 is 9.53 Å². The van der Waals surface area contributed by atoms with E-state index >= 15 is 0 Å². The first-order chi connectivity index (χ1) is 9.06. The Kier molecular flexibility index (Phi) is 4.00. The Labute approximate surface area is 114 Å². The van der Waals surface area contributed by atoms with Gasteiger partial charge in [-0.15, -0.1) is 0 Å². The fourth-order valence-electron chi connectivity index (χ4n) is 1.78. The third-order valence-corrected chi connectivity index (χ3v) is 3.04. The standard InChI is InChI=1S/C17H18O2/c1-12(2)14-8-10-16(11-9-14)19-17(18)15-6-4-13(3)5-7-15/h4-12H,1-3H3. The van der Waals surface area contributed by atoms with Crippen LogP contribution in [0.1, 0.15) is 41.3 Å². The summed E-state index contributed by atoms with van der Waals surface area (Å²) in [5, 5.41) is 0. The number of ether oxygens (including phenoxy) is 1. The van der Waals surface area contributed by atoms with Gasteiger partial charge in [-0.25, -0.2) is 4.79 Å². The Bertz CT molecular complexity index is 551. The number of carbonyl (C=O) groups excluding carboxylic acids is 1. The molecule has 0 spiro atoms. The number of hydrogen-bond acceptors (Lipinski definition) is 2. The number of aryl methyl sites for hydroxylation is 1. The van der Waals surface area contributed by atoms with Crippen molar-refractivity contribution in [1.29, 1.82) is 0 Å². The van der Waals surface area contributed by atoms with E-state index in [1.165, 1.54) is 5.56 Å². The van der Waals surface area contributed by atoms with Gasteiger partial charge in [0.25, 0.3) is 0 Å². The van der Waals surface area contributed by atoms with E-state index in [-0.39, 0.29) is 5.97 Å². The summed E-state index contributed by atoms with van der Waals surface area (Å²) in [6, 6.07) is 15.0. The van der Waals surface area contributed by atoms with Crippen LogP contribution in [0.2, 0.25) is 0 Å². The van der Waals surface area contributed by atoms with E-state index in [1.807, 2.05) is 43.3 Å². The van der Waals surface area contributed by atoms with Gasteiger partial charge in [0.1, 0.15) is 5.75 Å². The normalized spacial score (nSPS) is 10.5. The third kappa shape index (κ3) is 3.44. The molecule has 2 heteroatoms. The lowest BCUT2D eigenvalue weighted by Gasteiger charge is -2.07. The topological polar surface area (TPSA) is 26.3 Å². The maximum Gasteiger partial charge on any atom is 0.343 e. The molecule has 0 saturated carbocycles. The fourth-order valence-corrected chi connectivity index (χ4v) is 1.78. The van der Waals surface area contributed by atoms with Crippen LogP contribution >= 0.6 is 0 Å². The first kappa shape index (κ1) is 13.3. The smallest absolute Gasteiger partial charge is 0.343 e. The Balaban J connectivity index is 2.08. The summed E-state index contributed by atoms with van der Waals surface area (Å²) in [6.07, 6.45) is 0. The van der Waals surface area contributed by atoms with Gasteiger partial charge in [-0.3, -0.25) is 0 Å². The number of benzene rings is 2. The van der Waals surface area contributed by atoms with E-state index in [2.05, 4.69) is 13.8 Å². The average molecular weight is 254 g/mol. The molecule has 0 atom stereocenters. The summed E-state index contributed by atoms with van der Waals surface area (Å²) in [7, 11) is 0. The molecule has 2 aromatic carbocycles. The van der Waals surface area contributed by atoms with Gasteiger partial charge in [0, 0.05) is 0 Å².